The second-order valence-electron chi connectivity index (χ2n) is 2.99. The standard InChI is InChI=1S/C8H9ClFNS/c9-6-1-4-12-7(6)8(10)2-3-11-5-8/h1,4,11H,2-3,5H2. The fourth-order valence-corrected chi connectivity index (χ4v) is 2.82. The van der Waals surface area contributed by atoms with Crippen LogP contribution in [0, 0.1) is 0 Å². The molecule has 0 spiro atoms. The lowest BCUT2D eigenvalue weighted by atomic mass is 10.0. The van der Waals surface area contributed by atoms with Gasteiger partial charge in [-0.25, -0.2) is 4.39 Å². The van der Waals surface area contributed by atoms with Crippen LogP contribution in [0.2, 0.25) is 5.02 Å². The lowest BCUT2D eigenvalue weighted by Gasteiger charge is -2.16. The van der Waals surface area contributed by atoms with Crippen LogP contribution in [0.1, 0.15) is 11.3 Å². The highest BCUT2D eigenvalue weighted by Crippen LogP contribution is 2.39. The van der Waals surface area contributed by atoms with Crippen LogP contribution >= 0.6 is 22.9 Å². The van der Waals surface area contributed by atoms with Crippen LogP contribution < -0.4 is 5.32 Å². The van der Waals surface area contributed by atoms with Gasteiger partial charge in [-0.2, -0.15) is 0 Å². The van der Waals surface area contributed by atoms with Crippen molar-refractivity contribution in [3.63, 3.8) is 0 Å². The molecule has 1 aromatic rings. The maximum absolute atomic E-state index is 14.0. The van der Waals surface area contributed by atoms with E-state index in [-0.39, 0.29) is 0 Å². The van der Waals surface area contributed by atoms with Gasteiger partial charge in [0.25, 0.3) is 0 Å². The summed E-state index contributed by atoms with van der Waals surface area (Å²) >= 11 is 7.25. The molecule has 0 radical (unpaired) electrons. The van der Waals surface area contributed by atoms with Crippen molar-refractivity contribution in [2.75, 3.05) is 13.1 Å². The van der Waals surface area contributed by atoms with E-state index in [4.69, 9.17) is 11.6 Å². The van der Waals surface area contributed by atoms with E-state index < -0.39 is 5.67 Å². The second kappa shape index (κ2) is 2.98. The molecule has 1 aliphatic heterocycles. The van der Waals surface area contributed by atoms with Gasteiger partial charge in [0.2, 0.25) is 0 Å². The van der Waals surface area contributed by atoms with Crippen molar-refractivity contribution in [3.8, 4) is 0 Å². The van der Waals surface area contributed by atoms with E-state index in [1.807, 2.05) is 5.38 Å². The van der Waals surface area contributed by atoms with Crippen LogP contribution in [-0.4, -0.2) is 13.1 Å². The normalized spacial score (nSPS) is 29.5. The molecule has 1 aromatic heterocycles. The number of nitrogens with one attached hydrogen (secondary N) is 1. The van der Waals surface area contributed by atoms with Crippen LogP contribution in [0.4, 0.5) is 4.39 Å². The summed E-state index contributed by atoms with van der Waals surface area (Å²) in [6.07, 6.45) is 0.535. The fraction of sp³-hybridized carbons (Fsp3) is 0.500. The Balaban J connectivity index is 2.34. The monoisotopic (exact) mass is 205 g/mol. The fourth-order valence-electron chi connectivity index (χ4n) is 1.47. The van der Waals surface area contributed by atoms with Crippen molar-refractivity contribution in [2.45, 2.75) is 12.1 Å². The van der Waals surface area contributed by atoms with Gasteiger partial charge < -0.3 is 5.32 Å². The van der Waals surface area contributed by atoms with E-state index in [1.54, 1.807) is 6.07 Å². The Labute approximate surface area is 79.5 Å². The Kier molecular flexibility index (Phi) is 2.10. The number of alkyl halides is 1. The molecule has 66 valence electrons. The van der Waals surface area contributed by atoms with Crippen LogP contribution in [0.5, 0.6) is 0 Å². The van der Waals surface area contributed by atoms with E-state index in [0.717, 1.165) is 6.54 Å². The van der Waals surface area contributed by atoms with E-state index in [0.29, 0.717) is 22.9 Å². The second-order valence-corrected chi connectivity index (χ2v) is 4.31. The summed E-state index contributed by atoms with van der Waals surface area (Å²) in [7, 11) is 0. The molecule has 1 saturated heterocycles. The van der Waals surface area contributed by atoms with Crippen molar-refractivity contribution in [1.29, 1.82) is 0 Å². The molecule has 0 aliphatic carbocycles. The van der Waals surface area contributed by atoms with Crippen LogP contribution in [0.3, 0.4) is 0 Å². The molecule has 1 N–H and O–H groups in total. The summed E-state index contributed by atoms with van der Waals surface area (Å²) in [5.74, 6) is 0. The highest BCUT2D eigenvalue weighted by atomic mass is 35.5. The van der Waals surface area contributed by atoms with Crippen molar-refractivity contribution in [1.82, 2.24) is 5.32 Å². The molecule has 0 bridgehead atoms. The first-order chi connectivity index (χ1) is 5.72. The zero-order valence-corrected chi connectivity index (χ0v) is 8.01. The van der Waals surface area contributed by atoms with Gasteiger partial charge in [-0.15, -0.1) is 11.3 Å². The molecule has 0 saturated carbocycles. The summed E-state index contributed by atoms with van der Waals surface area (Å²) in [5, 5.41) is 5.39. The van der Waals surface area contributed by atoms with Gasteiger partial charge in [-0.3, -0.25) is 0 Å². The van der Waals surface area contributed by atoms with Gasteiger partial charge in [0.05, 0.1) is 9.90 Å². The number of halogens is 2. The van der Waals surface area contributed by atoms with E-state index in [2.05, 4.69) is 5.32 Å². The Bertz CT molecular complexity index is 280. The molecule has 1 nitrogen and oxygen atoms in total. The largest absolute Gasteiger partial charge is 0.313 e. The predicted molar refractivity (Wildman–Crippen MR) is 49.6 cm³/mol. The summed E-state index contributed by atoms with van der Waals surface area (Å²) < 4.78 is 14.0. The summed E-state index contributed by atoms with van der Waals surface area (Å²) in [6.45, 7) is 1.14. The van der Waals surface area contributed by atoms with Crippen LogP contribution in [0.25, 0.3) is 0 Å². The number of rotatable bonds is 1. The lowest BCUT2D eigenvalue weighted by Crippen LogP contribution is -2.22. The molecule has 2 rings (SSSR count). The topological polar surface area (TPSA) is 12.0 Å². The lowest BCUT2D eigenvalue weighted by molar-refractivity contribution is 0.199. The van der Waals surface area contributed by atoms with Gasteiger partial charge >= 0.3 is 0 Å². The molecule has 1 atom stereocenters. The highest BCUT2D eigenvalue weighted by molar-refractivity contribution is 7.10. The van der Waals surface area contributed by atoms with Gasteiger partial charge in [-0.1, -0.05) is 11.6 Å². The Hall–Kier alpha value is -0.120. The van der Waals surface area contributed by atoms with Gasteiger partial charge in [0, 0.05) is 13.0 Å². The average Bonchev–Trinajstić information content (AvgIpc) is 2.59. The smallest absolute Gasteiger partial charge is 0.160 e. The number of hydrogen-bond acceptors (Lipinski definition) is 2. The molecule has 1 aliphatic rings. The van der Waals surface area contributed by atoms with Crippen molar-refractivity contribution < 1.29 is 4.39 Å². The minimum atomic E-state index is -1.22. The SMILES string of the molecule is FC1(c2sccc2Cl)CCNC1. The summed E-state index contributed by atoms with van der Waals surface area (Å²) in [4.78, 5) is 0.675. The molecule has 4 heteroatoms. The molecule has 2 heterocycles. The van der Waals surface area contributed by atoms with Gasteiger partial charge in [0.1, 0.15) is 0 Å². The van der Waals surface area contributed by atoms with Crippen molar-refractivity contribution in [2.24, 2.45) is 0 Å². The summed E-state index contributed by atoms with van der Waals surface area (Å²) in [5.41, 5.74) is -1.22. The average molecular weight is 206 g/mol. The van der Waals surface area contributed by atoms with E-state index >= 15 is 0 Å². The maximum atomic E-state index is 14.0. The molecule has 1 fully saturated rings. The molecule has 12 heavy (non-hydrogen) atoms. The third kappa shape index (κ3) is 1.26. The quantitative estimate of drug-likeness (QED) is 0.743. The third-order valence-electron chi connectivity index (χ3n) is 2.13. The van der Waals surface area contributed by atoms with Crippen LogP contribution in [-0.2, 0) is 5.67 Å². The van der Waals surface area contributed by atoms with Crippen molar-refractivity contribution >= 4 is 22.9 Å². The van der Waals surface area contributed by atoms with Gasteiger partial charge in [-0.05, 0) is 18.0 Å². The van der Waals surface area contributed by atoms with Gasteiger partial charge in [0.15, 0.2) is 5.67 Å². The number of thiophene rings is 1. The molecule has 0 aromatic carbocycles. The minimum absolute atomic E-state index is 0.396. The maximum Gasteiger partial charge on any atom is 0.160 e. The first-order valence-corrected chi connectivity index (χ1v) is 5.11. The minimum Gasteiger partial charge on any atom is -0.313 e. The zero-order valence-electron chi connectivity index (χ0n) is 6.44. The van der Waals surface area contributed by atoms with E-state index in [1.165, 1.54) is 11.3 Å². The highest BCUT2D eigenvalue weighted by Gasteiger charge is 2.38. The Morgan fingerprint density at radius 2 is 2.50 bits per heavy atom. The predicted octanol–water partition coefficient (Wildman–Crippen LogP) is 2.56. The first-order valence-electron chi connectivity index (χ1n) is 3.85. The molecule has 1 unspecified atom stereocenters. The number of hydrogen-bond donors (Lipinski definition) is 1. The third-order valence-corrected chi connectivity index (χ3v) is 3.65. The van der Waals surface area contributed by atoms with Crippen LogP contribution in [0.15, 0.2) is 11.4 Å². The van der Waals surface area contributed by atoms with E-state index in [9.17, 15) is 4.39 Å². The molecular formula is C8H9ClFNS. The molecular weight excluding hydrogens is 197 g/mol. The zero-order chi connectivity index (χ0) is 8.60. The summed E-state index contributed by atoms with van der Waals surface area (Å²) in [6, 6.07) is 1.75. The Morgan fingerprint density at radius 1 is 1.67 bits per heavy atom. The van der Waals surface area contributed by atoms with Crippen molar-refractivity contribution in [3.05, 3.63) is 21.3 Å². The Morgan fingerprint density at radius 3 is 3.00 bits per heavy atom. The molecule has 0 amide bonds. The first kappa shape index (κ1) is 8.48.